The Labute approximate surface area is 219 Å². The average Bonchev–Trinajstić information content (AvgIpc) is 3.39. The van der Waals surface area contributed by atoms with Crippen molar-refractivity contribution in [2.24, 2.45) is 28.6 Å². The molecule has 2 aliphatic carbocycles. The van der Waals surface area contributed by atoms with E-state index in [4.69, 9.17) is 30.2 Å². The summed E-state index contributed by atoms with van der Waals surface area (Å²) in [6.45, 7) is 3.83. The Kier molecular flexibility index (Phi) is 6.42. The quantitative estimate of drug-likeness (QED) is 0.405. The molecule has 2 saturated carbocycles. The minimum Gasteiger partial charge on any atom is -0.472 e. The van der Waals surface area contributed by atoms with E-state index in [1.807, 2.05) is 13.8 Å². The summed E-state index contributed by atoms with van der Waals surface area (Å²) < 4.78 is 21.9. The van der Waals surface area contributed by atoms with Crippen LogP contribution in [0.15, 0.2) is 47.3 Å². The Bertz CT molecular complexity index is 1240. The smallest absolute Gasteiger partial charge is 0.338 e. The van der Waals surface area contributed by atoms with E-state index in [0.29, 0.717) is 29.8 Å². The Morgan fingerprint density at radius 3 is 2.59 bits per heavy atom. The highest BCUT2D eigenvalue weighted by atomic mass is 35.5. The second kappa shape index (κ2) is 9.31. The molecular formula is C28H29ClO8. The van der Waals surface area contributed by atoms with Crippen molar-refractivity contribution in [1.82, 2.24) is 0 Å². The lowest BCUT2D eigenvalue weighted by Gasteiger charge is -2.61. The highest BCUT2D eigenvalue weighted by Crippen LogP contribution is 2.65. The number of methoxy groups -OCH3 is 1. The lowest BCUT2D eigenvalue weighted by molar-refractivity contribution is -0.208. The molecule has 1 aliphatic heterocycles. The number of ketones is 1. The van der Waals surface area contributed by atoms with Crippen LogP contribution in [0.1, 0.15) is 61.6 Å². The Hall–Kier alpha value is -3.13. The zero-order valence-electron chi connectivity index (χ0n) is 20.9. The summed E-state index contributed by atoms with van der Waals surface area (Å²) in [5.41, 5.74) is -0.712. The van der Waals surface area contributed by atoms with Crippen molar-refractivity contribution in [3.05, 3.63) is 59.0 Å². The summed E-state index contributed by atoms with van der Waals surface area (Å²) in [5, 5.41) is 0.359. The zero-order valence-corrected chi connectivity index (χ0v) is 21.7. The van der Waals surface area contributed by atoms with E-state index < -0.39 is 52.7 Å². The van der Waals surface area contributed by atoms with Gasteiger partial charge in [-0.05, 0) is 54.4 Å². The van der Waals surface area contributed by atoms with Gasteiger partial charge >= 0.3 is 17.9 Å². The van der Waals surface area contributed by atoms with Crippen LogP contribution in [0, 0.1) is 28.6 Å². The molecule has 1 aromatic carbocycles. The summed E-state index contributed by atoms with van der Waals surface area (Å²) in [4.78, 5) is 53.5. The van der Waals surface area contributed by atoms with E-state index in [1.165, 1.54) is 25.7 Å². The number of benzene rings is 1. The number of rotatable bonds is 4. The average molecular weight is 529 g/mol. The Morgan fingerprint density at radius 1 is 1.14 bits per heavy atom. The van der Waals surface area contributed by atoms with E-state index in [-0.39, 0.29) is 23.7 Å². The van der Waals surface area contributed by atoms with Crippen molar-refractivity contribution in [3.8, 4) is 0 Å². The number of cyclic esters (lactones) is 1. The van der Waals surface area contributed by atoms with Gasteiger partial charge in [0.05, 0.1) is 37.0 Å². The zero-order chi connectivity index (χ0) is 26.5. The molecule has 7 atom stereocenters. The summed E-state index contributed by atoms with van der Waals surface area (Å²) >= 11 is 6.03. The van der Waals surface area contributed by atoms with E-state index in [0.717, 1.165) is 0 Å². The molecule has 8 nitrogen and oxygen atoms in total. The lowest BCUT2D eigenvalue weighted by Crippen LogP contribution is -2.64. The van der Waals surface area contributed by atoms with Crippen molar-refractivity contribution >= 4 is 35.3 Å². The molecule has 196 valence electrons. The molecule has 1 aromatic heterocycles. The number of carbonyl (C=O) groups is 4. The third-order valence-electron chi connectivity index (χ3n) is 8.81. The standard InChI is InChI=1S/C28H29ClO8/c1-27-9-7-18-26(33)37-21(16-8-10-35-14-16)13-28(18,2)23(27)22(30)20(12-19(27)25(32)34-3)36-24(31)15-5-4-6-17(29)11-15/h4-6,8,10-11,14,18-21,23H,7,9,12-13H2,1-3H3/t18-,19-,20?,21-,23-,27-,28-/m0/s1. The maximum atomic E-state index is 14.2. The molecule has 0 bridgehead atoms. The molecule has 1 unspecified atom stereocenters. The molecular weight excluding hydrogens is 500 g/mol. The van der Waals surface area contributed by atoms with Gasteiger partial charge < -0.3 is 18.6 Å². The highest BCUT2D eigenvalue weighted by Gasteiger charge is 2.67. The van der Waals surface area contributed by atoms with E-state index in [9.17, 15) is 19.2 Å². The van der Waals surface area contributed by atoms with Crippen LogP contribution in [0.3, 0.4) is 0 Å². The van der Waals surface area contributed by atoms with Crippen molar-refractivity contribution in [2.45, 2.75) is 51.7 Å². The van der Waals surface area contributed by atoms with Crippen LogP contribution in [0.5, 0.6) is 0 Å². The van der Waals surface area contributed by atoms with E-state index >= 15 is 0 Å². The van der Waals surface area contributed by atoms with Gasteiger partial charge in [0.1, 0.15) is 6.10 Å². The molecule has 0 radical (unpaired) electrons. The summed E-state index contributed by atoms with van der Waals surface area (Å²) in [6.07, 6.45) is 2.60. The topological polar surface area (TPSA) is 109 Å². The van der Waals surface area contributed by atoms with Gasteiger partial charge in [-0.2, -0.15) is 0 Å². The number of carbonyl (C=O) groups excluding carboxylic acids is 4. The van der Waals surface area contributed by atoms with Crippen molar-refractivity contribution in [3.63, 3.8) is 0 Å². The fourth-order valence-electron chi connectivity index (χ4n) is 7.08. The van der Waals surface area contributed by atoms with Crippen molar-refractivity contribution in [1.29, 1.82) is 0 Å². The van der Waals surface area contributed by atoms with Gasteiger partial charge in [0.15, 0.2) is 11.9 Å². The molecule has 3 fully saturated rings. The lowest BCUT2D eigenvalue weighted by atomic mass is 9.43. The first kappa shape index (κ1) is 25.5. The fraction of sp³-hybridized carbons (Fsp3) is 0.500. The number of esters is 3. The minimum absolute atomic E-state index is 0.0150. The van der Waals surface area contributed by atoms with E-state index in [1.54, 1.807) is 24.3 Å². The third kappa shape index (κ3) is 4.15. The number of fused-ring (bicyclic) bond motifs is 3. The maximum absolute atomic E-state index is 14.2. The van der Waals surface area contributed by atoms with Crippen molar-refractivity contribution < 1.29 is 37.8 Å². The Morgan fingerprint density at radius 2 is 1.92 bits per heavy atom. The number of hydrogen-bond donors (Lipinski definition) is 0. The van der Waals surface area contributed by atoms with Gasteiger partial charge in [-0.1, -0.05) is 31.5 Å². The maximum Gasteiger partial charge on any atom is 0.338 e. The molecule has 37 heavy (non-hydrogen) atoms. The normalized spacial score (nSPS) is 35.1. The van der Waals surface area contributed by atoms with Gasteiger partial charge in [-0.3, -0.25) is 14.4 Å². The summed E-state index contributed by atoms with van der Waals surface area (Å²) in [6, 6.07) is 7.99. The van der Waals surface area contributed by atoms with Gasteiger partial charge in [-0.25, -0.2) is 4.79 Å². The van der Waals surface area contributed by atoms with Crippen LogP contribution < -0.4 is 0 Å². The number of Topliss-reactive ketones (excluding diaryl/α,β-unsaturated/α-hetero) is 1. The van der Waals surface area contributed by atoms with Gasteiger partial charge in [0, 0.05) is 22.9 Å². The Balaban J connectivity index is 1.54. The van der Waals surface area contributed by atoms with Gasteiger partial charge in [0.25, 0.3) is 0 Å². The summed E-state index contributed by atoms with van der Waals surface area (Å²) in [5.74, 6) is -3.79. The number of hydrogen-bond acceptors (Lipinski definition) is 8. The van der Waals surface area contributed by atoms with Crippen molar-refractivity contribution in [2.75, 3.05) is 7.11 Å². The minimum atomic E-state index is -1.17. The number of furan rings is 1. The van der Waals surface area contributed by atoms with Gasteiger partial charge in [-0.15, -0.1) is 0 Å². The largest absolute Gasteiger partial charge is 0.472 e. The first-order chi connectivity index (χ1) is 17.6. The van der Waals surface area contributed by atoms with Crippen LogP contribution in [-0.2, 0) is 28.6 Å². The molecule has 9 heteroatoms. The monoisotopic (exact) mass is 528 g/mol. The van der Waals surface area contributed by atoms with E-state index in [2.05, 4.69) is 0 Å². The van der Waals surface area contributed by atoms with Crippen LogP contribution in [-0.4, -0.2) is 36.9 Å². The fourth-order valence-corrected chi connectivity index (χ4v) is 7.27. The first-order valence-corrected chi connectivity index (χ1v) is 12.8. The third-order valence-corrected chi connectivity index (χ3v) is 9.05. The van der Waals surface area contributed by atoms with Crippen LogP contribution >= 0.6 is 11.6 Å². The first-order valence-electron chi connectivity index (χ1n) is 12.4. The predicted octanol–water partition coefficient (Wildman–Crippen LogP) is 4.95. The molecule has 0 spiro atoms. The predicted molar refractivity (Wildman–Crippen MR) is 130 cm³/mol. The summed E-state index contributed by atoms with van der Waals surface area (Å²) in [7, 11) is 1.31. The molecule has 3 aliphatic rings. The molecule has 2 aromatic rings. The molecule has 1 saturated heterocycles. The van der Waals surface area contributed by atoms with Crippen LogP contribution in [0.2, 0.25) is 5.02 Å². The molecule has 0 N–H and O–H groups in total. The van der Waals surface area contributed by atoms with Crippen LogP contribution in [0.4, 0.5) is 0 Å². The second-order valence-electron chi connectivity index (χ2n) is 10.8. The molecule has 0 amide bonds. The molecule has 5 rings (SSSR count). The second-order valence-corrected chi connectivity index (χ2v) is 11.3. The molecule has 2 heterocycles. The number of halogens is 1. The SMILES string of the molecule is COC(=O)[C@@H]1CC(OC(=O)c2cccc(Cl)c2)C(=O)[C@H]2[C@@]1(C)CC[C@H]1C(=O)O[C@H](c3ccoc3)C[C@]21C. The van der Waals surface area contributed by atoms with Gasteiger partial charge in [0.2, 0.25) is 0 Å². The highest BCUT2D eigenvalue weighted by molar-refractivity contribution is 6.30. The van der Waals surface area contributed by atoms with Crippen LogP contribution in [0.25, 0.3) is 0 Å². The number of ether oxygens (including phenoxy) is 3.